The number of hydrogen-bond donors (Lipinski definition) is 1. The molecule has 0 aliphatic rings. The van der Waals surface area contributed by atoms with Crippen LogP contribution in [0, 0.1) is 20.8 Å². The van der Waals surface area contributed by atoms with Gasteiger partial charge in [-0.1, -0.05) is 29.3 Å². The van der Waals surface area contributed by atoms with E-state index in [0.717, 1.165) is 22.8 Å². The fourth-order valence-corrected chi connectivity index (χ4v) is 3.47. The first-order valence-corrected chi connectivity index (χ1v) is 9.53. The van der Waals surface area contributed by atoms with Gasteiger partial charge in [0.25, 0.3) is 0 Å². The maximum absolute atomic E-state index is 12.4. The molecule has 2 N–H and O–H groups in total. The second-order valence-corrected chi connectivity index (χ2v) is 7.93. The summed E-state index contributed by atoms with van der Waals surface area (Å²) in [5, 5.41) is 5.04. The summed E-state index contributed by atoms with van der Waals surface area (Å²) in [4.78, 5) is 24.4. The van der Waals surface area contributed by atoms with E-state index in [1.165, 1.54) is 12.1 Å². The predicted octanol–water partition coefficient (Wildman–Crippen LogP) is 2.95. The maximum atomic E-state index is 12.4. The van der Waals surface area contributed by atoms with Crippen molar-refractivity contribution in [2.45, 2.75) is 25.7 Å². The Morgan fingerprint density at radius 3 is 2.19 bits per heavy atom. The third kappa shape index (κ3) is 4.49. The van der Waals surface area contributed by atoms with Crippen LogP contribution in [0.5, 0.6) is 0 Å². The smallest absolute Gasteiger partial charge is 0.340 e. The van der Waals surface area contributed by atoms with Gasteiger partial charge in [0.05, 0.1) is 15.5 Å². The van der Waals surface area contributed by atoms with Crippen molar-refractivity contribution in [3.05, 3.63) is 63.2 Å². The van der Waals surface area contributed by atoms with E-state index in [2.05, 4.69) is 0 Å². The van der Waals surface area contributed by atoms with Crippen molar-refractivity contribution in [1.82, 2.24) is 0 Å². The second-order valence-electron chi connectivity index (χ2n) is 5.96. The van der Waals surface area contributed by atoms with Gasteiger partial charge >= 0.3 is 5.97 Å². The molecule has 138 valence electrons. The van der Waals surface area contributed by atoms with Crippen LogP contribution >= 0.6 is 11.6 Å². The van der Waals surface area contributed by atoms with Crippen molar-refractivity contribution < 1.29 is 22.7 Å². The molecule has 0 atom stereocenters. The zero-order valence-corrected chi connectivity index (χ0v) is 16.1. The Hall–Kier alpha value is -2.22. The predicted molar refractivity (Wildman–Crippen MR) is 98.1 cm³/mol. The van der Waals surface area contributed by atoms with E-state index in [4.69, 9.17) is 21.5 Å². The van der Waals surface area contributed by atoms with Gasteiger partial charge in [-0.2, -0.15) is 0 Å². The Kier molecular flexibility index (Phi) is 5.85. The minimum atomic E-state index is -4.00. The number of benzene rings is 2. The number of aryl methyl sites for hydroxylation is 3. The molecule has 0 bridgehead atoms. The summed E-state index contributed by atoms with van der Waals surface area (Å²) in [6.07, 6.45) is 0. The largest absolute Gasteiger partial charge is 0.454 e. The van der Waals surface area contributed by atoms with Crippen LogP contribution in [0.25, 0.3) is 0 Å². The first-order valence-electron chi connectivity index (χ1n) is 7.61. The van der Waals surface area contributed by atoms with Crippen molar-refractivity contribution in [1.29, 1.82) is 0 Å². The number of primary sulfonamides is 1. The van der Waals surface area contributed by atoms with E-state index in [0.29, 0.717) is 5.56 Å². The lowest BCUT2D eigenvalue weighted by Gasteiger charge is -2.11. The van der Waals surface area contributed by atoms with Crippen LogP contribution in [0.3, 0.4) is 0 Å². The lowest BCUT2D eigenvalue weighted by Crippen LogP contribution is -2.18. The fraction of sp³-hybridized carbons (Fsp3) is 0.222. The Bertz CT molecular complexity index is 976. The highest BCUT2D eigenvalue weighted by Crippen LogP contribution is 2.21. The lowest BCUT2D eigenvalue weighted by molar-refractivity contribution is 0.0474. The quantitative estimate of drug-likeness (QED) is 0.619. The topological polar surface area (TPSA) is 104 Å². The number of sulfonamides is 1. The monoisotopic (exact) mass is 395 g/mol. The number of nitrogens with two attached hydrogens (primary N) is 1. The average Bonchev–Trinajstić information content (AvgIpc) is 2.50. The van der Waals surface area contributed by atoms with Crippen molar-refractivity contribution in [2.24, 2.45) is 5.14 Å². The van der Waals surface area contributed by atoms with Crippen LogP contribution in [0.4, 0.5) is 0 Å². The van der Waals surface area contributed by atoms with Crippen molar-refractivity contribution in [3.63, 3.8) is 0 Å². The van der Waals surface area contributed by atoms with Gasteiger partial charge in [0.15, 0.2) is 6.61 Å². The molecule has 2 aromatic rings. The number of ketones is 1. The number of Topliss-reactive ketones (excluding diaryl/α,β-unsaturated/α-hetero) is 1. The van der Waals surface area contributed by atoms with E-state index in [-0.39, 0.29) is 21.3 Å². The van der Waals surface area contributed by atoms with E-state index >= 15 is 0 Å². The molecule has 2 aromatic carbocycles. The van der Waals surface area contributed by atoms with Gasteiger partial charge in [0.2, 0.25) is 15.8 Å². The Morgan fingerprint density at radius 1 is 1.08 bits per heavy atom. The molecule has 0 spiro atoms. The zero-order valence-electron chi connectivity index (χ0n) is 14.5. The van der Waals surface area contributed by atoms with E-state index in [9.17, 15) is 18.0 Å². The molecule has 8 heteroatoms. The summed E-state index contributed by atoms with van der Waals surface area (Å²) in [6.45, 7) is 5.05. The molecule has 0 saturated heterocycles. The van der Waals surface area contributed by atoms with Crippen LogP contribution in [0.2, 0.25) is 5.02 Å². The standard InChI is InChI=1S/C18H18ClNO5S/c1-10-6-11(2)17(12(3)7-10)16(21)9-25-18(22)14-8-13(26(20,23)24)4-5-15(14)19/h4-8H,9H2,1-3H3,(H2,20,23,24). The number of rotatable bonds is 5. The molecular weight excluding hydrogens is 378 g/mol. The lowest BCUT2D eigenvalue weighted by atomic mass is 9.97. The molecule has 0 saturated carbocycles. The molecule has 6 nitrogen and oxygen atoms in total. The van der Waals surface area contributed by atoms with E-state index in [1.54, 1.807) is 0 Å². The van der Waals surface area contributed by atoms with Crippen LogP contribution in [-0.2, 0) is 14.8 Å². The summed E-state index contributed by atoms with van der Waals surface area (Å²) in [7, 11) is -4.00. The molecule has 0 fully saturated rings. The van der Waals surface area contributed by atoms with Crippen molar-refractivity contribution in [2.75, 3.05) is 6.61 Å². The number of carbonyl (C=O) groups excluding carboxylic acids is 2. The number of ether oxygens (including phenoxy) is 1. The molecule has 0 radical (unpaired) electrons. The Morgan fingerprint density at radius 2 is 1.65 bits per heavy atom. The molecule has 0 aromatic heterocycles. The highest BCUT2D eigenvalue weighted by molar-refractivity contribution is 7.89. The van der Waals surface area contributed by atoms with Gasteiger partial charge in [-0.3, -0.25) is 4.79 Å². The van der Waals surface area contributed by atoms with Gasteiger partial charge in [0.1, 0.15) is 0 Å². The third-order valence-corrected chi connectivity index (χ3v) is 5.02. The first kappa shape index (κ1) is 20.1. The SMILES string of the molecule is Cc1cc(C)c(C(=O)COC(=O)c2cc(S(N)(=O)=O)ccc2Cl)c(C)c1. The Balaban J connectivity index is 2.21. The summed E-state index contributed by atoms with van der Waals surface area (Å²) < 4.78 is 27.8. The summed E-state index contributed by atoms with van der Waals surface area (Å²) >= 11 is 5.92. The zero-order chi connectivity index (χ0) is 19.6. The highest BCUT2D eigenvalue weighted by atomic mass is 35.5. The van der Waals surface area contributed by atoms with Crippen LogP contribution in [0.15, 0.2) is 35.2 Å². The van der Waals surface area contributed by atoms with Gasteiger partial charge < -0.3 is 4.74 Å². The van der Waals surface area contributed by atoms with Crippen LogP contribution in [-0.4, -0.2) is 26.8 Å². The minimum Gasteiger partial charge on any atom is -0.454 e. The van der Waals surface area contributed by atoms with Crippen LogP contribution < -0.4 is 5.14 Å². The number of halogens is 1. The average molecular weight is 396 g/mol. The molecular formula is C18H18ClNO5S. The Labute approximate surface area is 157 Å². The summed E-state index contributed by atoms with van der Waals surface area (Å²) in [6, 6.07) is 7.17. The molecule has 0 unspecified atom stereocenters. The number of esters is 1. The van der Waals surface area contributed by atoms with Gasteiger partial charge in [-0.25, -0.2) is 18.4 Å². The van der Waals surface area contributed by atoms with Gasteiger partial charge in [-0.15, -0.1) is 0 Å². The summed E-state index contributed by atoms with van der Waals surface area (Å²) in [5.74, 6) is -1.26. The maximum Gasteiger partial charge on any atom is 0.340 e. The van der Waals surface area contributed by atoms with E-state index in [1.807, 2.05) is 32.9 Å². The normalized spacial score (nSPS) is 11.3. The van der Waals surface area contributed by atoms with Crippen molar-refractivity contribution in [3.8, 4) is 0 Å². The first-order chi connectivity index (χ1) is 12.0. The second kappa shape index (κ2) is 7.57. The number of hydrogen-bond acceptors (Lipinski definition) is 5. The van der Waals surface area contributed by atoms with Gasteiger partial charge in [-0.05, 0) is 50.1 Å². The summed E-state index contributed by atoms with van der Waals surface area (Å²) in [5.41, 5.74) is 2.92. The highest BCUT2D eigenvalue weighted by Gasteiger charge is 2.19. The third-order valence-electron chi connectivity index (χ3n) is 3.78. The minimum absolute atomic E-state index is 0.00227. The van der Waals surface area contributed by atoms with Crippen LogP contribution in [0.1, 0.15) is 37.4 Å². The van der Waals surface area contributed by atoms with Gasteiger partial charge in [0, 0.05) is 5.56 Å². The van der Waals surface area contributed by atoms with E-state index < -0.39 is 22.6 Å². The molecule has 2 rings (SSSR count). The number of carbonyl (C=O) groups is 2. The molecule has 26 heavy (non-hydrogen) atoms. The molecule has 0 heterocycles. The molecule has 0 aliphatic carbocycles. The molecule has 0 aliphatic heterocycles. The fourth-order valence-electron chi connectivity index (χ4n) is 2.74. The van der Waals surface area contributed by atoms with Crippen molar-refractivity contribution >= 4 is 33.4 Å². The molecule has 0 amide bonds.